The molecule has 0 bridgehead atoms. The van der Waals surface area contributed by atoms with Crippen LogP contribution < -0.4 is 5.73 Å². The summed E-state index contributed by atoms with van der Waals surface area (Å²) in [5.41, 5.74) is 14.8. The van der Waals surface area contributed by atoms with Crippen LogP contribution in [0.1, 0.15) is 62.4 Å². The van der Waals surface area contributed by atoms with Gasteiger partial charge < -0.3 is 5.73 Å². The molecule has 0 aliphatic heterocycles. The normalized spacial score (nSPS) is 10.6. The van der Waals surface area contributed by atoms with Crippen LogP contribution in [0.25, 0.3) is 11.1 Å². The van der Waals surface area contributed by atoms with E-state index in [0.717, 1.165) is 33.7 Å². The summed E-state index contributed by atoms with van der Waals surface area (Å²) in [4.78, 5) is 4.80. The molecule has 2 N–H and O–H groups in total. The van der Waals surface area contributed by atoms with Gasteiger partial charge in [-0.1, -0.05) is 130 Å². The molecule has 0 aliphatic rings. The second-order valence-corrected chi connectivity index (χ2v) is 8.30. The van der Waals surface area contributed by atoms with E-state index in [4.69, 9.17) is 4.99 Å². The Morgan fingerprint density at radius 1 is 0.816 bits per heavy atom. The summed E-state index contributed by atoms with van der Waals surface area (Å²) < 4.78 is 0. The van der Waals surface area contributed by atoms with Gasteiger partial charge in [-0.3, -0.25) is 4.99 Å². The Morgan fingerprint density at radius 2 is 1.37 bits per heavy atom. The molecule has 2 heteroatoms. The summed E-state index contributed by atoms with van der Waals surface area (Å²) in [6.07, 6.45) is 9.24. The molecule has 0 saturated heterocycles. The van der Waals surface area contributed by atoms with Gasteiger partial charge in [-0.05, 0) is 80.3 Å². The highest BCUT2D eigenvalue weighted by molar-refractivity contribution is 6.00. The van der Waals surface area contributed by atoms with Gasteiger partial charge in [0.2, 0.25) is 0 Å². The maximum absolute atomic E-state index is 4.80. The van der Waals surface area contributed by atoms with Gasteiger partial charge in [0.15, 0.2) is 0 Å². The fraction of sp³-hybridized carbons (Fsp3) is 0.194. The van der Waals surface area contributed by atoms with Crippen molar-refractivity contribution in [1.82, 2.24) is 0 Å². The molecule has 0 radical (unpaired) electrons. The molecule has 0 aromatic heterocycles. The van der Waals surface area contributed by atoms with Gasteiger partial charge >= 0.3 is 0 Å². The minimum absolute atomic E-state index is 1.02. The predicted octanol–water partition coefficient (Wildman–Crippen LogP) is 10.4. The zero-order chi connectivity index (χ0) is 28.9. The number of hydrogen-bond donors (Lipinski definition) is 1. The van der Waals surface area contributed by atoms with Crippen molar-refractivity contribution in [2.24, 2.45) is 10.7 Å². The SMILES string of the molecule is C=C(C)c1ccccc1.C=C/C(=C\C=C/C)c1ccc(C(C)=Nc2cc(C)ccc2C)cc1.C=CN.CC. The monoisotopic (exact) mass is 506 g/mol. The molecule has 0 atom stereocenters. The molecule has 0 amide bonds. The molecule has 0 spiro atoms. The fourth-order valence-electron chi connectivity index (χ4n) is 3.19. The average Bonchev–Trinajstić information content (AvgIpc) is 2.94. The van der Waals surface area contributed by atoms with Crippen LogP contribution in [-0.4, -0.2) is 5.71 Å². The van der Waals surface area contributed by atoms with Crippen molar-refractivity contribution in [2.45, 2.75) is 48.5 Å². The minimum Gasteiger partial charge on any atom is -0.405 e. The Bertz CT molecular complexity index is 1210. The van der Waals surface area contributed by atoms with Crippen molar-refractivity contribution >= 4 is 22.5 Å². The Hall–Kier alpha value is -4.17. The number of nitrogens with two attached hydrogens (primary N) is 1. The number of hydrogen-bond acceptors (Lipinski definition) is 2. The maximum Gasteiger partial charge on any atom is 0.0664 e. The van der Waals surface area contributed by atoms with Gasteiger partial charge in [0, 0.05) is 5.71 Å². The van der Waals surface area contributed by atoms with Gasteiger partial charge in [-0.2, -0.15) is 0 Å². The third-order valence-corrected chi connectivity index (χ3v) is 5.24. The van der Waals surface area contributed by atoms with Crippen LogP contribution in [0.5, 0.6) is 0 Å². The van der Waals surface area contributed by atoms with Gasteiger partial charge in [0.1, 0.15) is 0 Å². The standard InChI is InChI=1S/C23H25N.C9H10.C2H5N.C2H6/c1-6-8-9-20(7-2)22-14-12-21(13-15-22)19(5)24-23-16-17(3)10-11-18(23)4;1-8(2)9-6-4-3-5-7-9;1-2-3;1-2/h6-16H,2H2,1,3-5H3;3-7H,1H2,2H3;2H,1,3H2;1-2H3/b8-6-,20-9+,24-19?;;;. The summed E-state index contributed by atoms with van der Waals surface area (Å²) in [5, 5.41) is 0. The summed E-state index contributed by atoms with van der Waals surface area (Å²) >= 11 is 0. The van der Waals surface area contributed by atoms with Crippen molar-refractivity contribution in [2.75, 3.05) is 0 Å². The van der Waals surface area contributed by atoms with E-state index in [1.165, 1.54) is 22.9 Å². The first-order chi connectivity index (χ1) is 18.3. The number of allylic oxidation sites excluding steroid dienone is 6. The second-order valence-electron chi connectivity index (χ2n) is 8.30. The van der Waals surface area contributed by atoms with Crippen LogP contribution in [0.3, 0.4) is 0 Å². The van der Waals surface area contributed by atoms with Crippen molar-refractivity contribution in [3.8, 4) is 0 Å². The quantitative estimate of drug-likeness (QED) is 0.262. The van der Waals surface area contributed by atoms with E-state index < -0.39 is 0 Å². The molecule has 2 nitrogen and oxygen atoms in total. The van der Waals surface area contributed by atoms with Crippen molar-refractivity contribution in [3.05, 3.63) is 151 Å². The van der Waals surface area contributed by atoms with Gasteiger partial charge in [-0.25, -0.2) is 0 Å². The van der Waals surface area contributed by atoms with Gasteiger partial charge in [0.05, 0.1) is 5.69 Å². The van der Waals surface area contributed by atoms with Crippen LogP contribution in [0.4, 0.5) is 5.69 Å². The first kappa shape index (κ1) is 33.8. The van der Waals surface area contributed by atoms with E-state index >= 15 is 0 Å². The van der Waals surface area contributed by atoms with E-state index in [1.807, 2.05) is 64.1 Å². The summed E-state index contributed by atoms with van der Waals surface area (Å²) in [6.45, 7) is 25.1. The molecule has 3 aromatic carbocycles. The molecular formula is C36H46N2. The third-order valence-electron chi connectivity index (χ3n) is 5.24. The lowest BCUT2D eigenvalue weighted by Crippen LogP contribution is -1.95. The summed E-state index contributed by atoms with van der Waals surface area (Å²) in [6, 6.07) is 25.0. The highest BCUT2D eigenvalue weighted by Gasteiger charge is 2.03. The molecule has 0 saturated carbocycles. The number of benzene rings is 3. The Kier molecular flexibility index (Phi) is 17.8. The van der Waals surface area contributed by atoms with Gasteiger partial charge in [-0.15, -0.1) is 0 Å². The molecular weight excluding hydrogens is 460 g/mol. The molecule has 0 fully saturated rings. The fourth-order valence-corrected chi connectivity index (χ4v) is 3.19. The summed E-state index contributed by atoms with van der Waals surface area (Å²) in [7, 11) is 0. The van der Waals surface area contributed by atoms with Crippen LogP contribution in [0.2, 0.25) is 0 Å². The number of rotatable bonds is 6. The maximum atomic E-state index is 4.80. The molecule has 3 rings (SSSR count). The average molecular weight is 507 g/mol. The third kappa shape index (κ3) is 12.7. The van der Waals surface area contributed by atoms with Crippen molar-refractivity contribution < 1.29 is 0 Å². The highest BCUT2D eigenvalue weighted by atomic mass is 14.7. The largest absolute Gasteiger partial charge is 0.405 e. The zero-order valence-electron chi connectivity index (χ0n) is 24.5. The lowest BCUT2D eigenvalue weighted by Gasteiger charge is -2.07. The van der Waals surface area contributed by atoms with E-state index in [2.05, 4.69) is 107 Å². The van der Waals surface area contributed by atoms with Crippen LogP contribution in [0, 0.1) is 13.8 Å². The van der Waals surface area contributed by atoms with E-state index in [9.17, 15) is 0 Å². The topological polar surface area (TPSA) is 38.4 Å². The Morgan fingerprint density at radius 3 is 1.84 bits per heavy atom. The number of aliphatic imine (C=N–C) groups is 1. The molecule has 3 aromatic rings. The highest BCUT2D eigenvalue weighted by Crippen LogP contribution is 2.22. The second kappa shape index (κ2) is 20.0. The molecule has 0 heterocycles. The minimum atomic E-state index is 1.02. The lowest BCUT2D eigenvalue weighted by atomic mass is 10.0. The molecule has 0 aliphatic carbocycles. The Labute approximate surface area is 232 Å². The Balaban J connectivity index is 0.000000807. The van der Waals surface area contributed by atoms with Crippen molar-refractivity contribution in [1.29, 1.82) is 0 Å². The first-order valence-corrected chi connectivity index (χ1v) is 13.0. The van der Waals surface area contributed by atoms with Crippen LogP contribution >= 0.6 is 0 Å². The lowest BCUT2D eigenvalue weighted by molar-refractivity contribution is 1.34. The van der Waals surface area contributed by atoms with Crippen molar-refractivity contribution in [3.63, 3.8) is 0 Å². The predicted molar refractivity (Wildman–Crippen MR) is 174 cm³/mol. The molecule has 200 valence electrons. The smallest absolute Gasteiger partial charge is 0.0664 e. The zero-order valence-corrected chi connectivity index (χ0v) is 24.5. The van der Waals surface area contributed by atoms with E-state index in [0.29, 0.717) is 0 Å². The summed E-state index contributed by atoms with van der Waals surface area (Å²) in [5.74, 6) is 0. The van der Waals surface area contributed by atoms with E-state index in [1.54, 1.807) is 0 Å². The molecule has 38 heavy (non-hydrogen) atoms. The molecule has 0 unspecified atom stereocenters. The van der Waals surface area contributed by atoms with Crippen LogP contribution in [0.15, 0.2) is 128 Å². The van der Waals surface area contributed by atoms with E-state index in [-0.39, 0.29) is 0 Å². The number of nitrogens with zero attached hydrogens (tertiary/aromatic N) is 1. The van der Waals surface area contributed by atoms with Crippen LogP contribution in [-0.2, 0) is 0 Å². The first-order valence-electron chi connectivity index (χ1n) is 13.0. The number of aryl methyl sites for hydroxylation is 2. The van der Waals surface area contributed by atoms with Gasteiger partial charge in [0.25, 0.3) is 0 Å².